The number of amides is 1. The fourth-order valence-corrected chi connectivity index (χ4v) is 4.07. The summed E-state index contributed by atoms with van der Waals surface area (Å²) in [5.41, 5.74) is 7.55. The molecule has 3 nitrogen and oxygen atoms in total. The molecule has 0 N–H and O–H groups in total. The van der Waals surface area contributed by atoms with Gasteiger partial charge >= 0.3 is 0 Å². The van der Waals surface area contributed by atoms with Crippen molar-refractivity contribution in [1.29, 1.82) is 0 Å². The quantitative estimate of drug-likeness (QED) is 0.287. The predicted octanol–water partition coefficient (Wildman–Crippen LogP) is 7.25. The van der Waals surface area contributed by atoms with Crippen molar-refractivity contribution in [2.45, 2.75) is 47.0 Å². The van der Waals surface area contributed by atoms with Crippen LogP contribution < -0.4 is 0 Å². The predicted molar refractivity (Wildman–Crippen MR) is 140 cm³/mol. The lowest BCUT2D eigenvalue weighted by molar-refractivity contribution is 0.100. The minimum Gasteiger partial charge on any atom is -0.332 e. The number of carbonyl (C=O) groups excluding carboxylic acids is 1. The molecule has 3 aromatic rings. The zero-order chi connectivity index (χ0) is 23.8. The number of amidine groups is 1. The maximum atomic E-state index is 13.1. The van der Waals surface area contributed by atoms with Gasteiger partial charge in [-0.2, -0.15) is 4.99 Å². The molecule has 0 saturated carbocycles. The number of hydrogen-bond donors (Lipinski definition) is 0. The second-order valence-electron chi connectivity index (χ2n) is 8.61. The molecule has 0 aliphatic rings. The Hall–Kier alpha value is -3.46. The molecule has 3 rings (SSSR count). The number of hydrogen-bond acceptors (Lipinski definition) is 1. The number of benzene rings is 3. The summed E-state index contributed by atoms with van der Waals surface area (Å²) >= 11 is 0. The van der Waals surface area contributed by atoms with Gasteiger partial charge in [0, 0.05) is 24.7 Å². The molecule has 0 spiro atoms. The Bertz CT molecular complexity index is 1140. The van der Waals surface area contributed by atoms with Gasteiger partial charge < -0.3 is 4.90 Å². The molecule has 170 valence electrons. The Morgan fingerprint density at radius 1 is 0.879 bits per heavy atom. The third kappa shape index (κ3) is 6.29. The van der Waals surface area contributed by atoms with Crippen LogP contribution in [0.4, 0.5) is 0 Å². The van der Waals surface area contributed by atoms with Gasteiger partial charge in [-0.15, -0.1) is 0 Å². The topological polar surface area (TPSA) is 32.7 Å². The van der Waals surface area contributed by atoms with E-state index in [-0.39, 0.29) is 5.91 Å². The standard InChI is InChI=1S/C30H34N2O/c1-6-12-28(31-30(33)27-16-11-10-13-23(27)3)32(5)29(26-19-17-22(2)18-20-26)24(4)21-25-14-8-7-9-15-25/h7-11,13-20H,6,12,21H2,1-5H3/b29-24+,31-28+. The second kappa shape index (κ2) is 11.4. The molecule has 0 aliphatic heterocycles. The zero-order valence-electron chi connectivity index (χ0n) is 20.4. The molecule has 0 aromatic heterocycles. The molecule has 1 amide bonds. The summed E-state index contributed by atoms with van der Waals surface area (Å²) in [6, 6.07) is 26.7. The average molecular weight is 439 g/mol. The molecular weight excluding hydrogens is 404 g/mol. The molecule has 3 heteroatoms. The van der Waals surface area contributed by atoms with Crippen LogP contribution in [-0.2, 0) is 6.42 Å². The SMILES string of the molecule is CCC/C(=N\C(=O)c1ccccc1C)N(C)/C(=C(\C)Cc1ccccc1)c1ccc(C)cc1. The minimum absolute atomic E-state index is 0.188. The fraction of sp³-hybridized carbons (Fsp3) is 0.267. The van der Waals surface area contributed by atoms with E-state index in [4.69, 9.17) is 0 Å². The highest BCUT2D eigenvalue weighted by atomic mass is 16.1. The Balaban J connectivity index is 2.06. The van der Waals surface area contributed by atoms with Crippen LogP contribution in [0, 0.1) is 13.8 Å². The second-order valence-corrected chi connectivity index (χ2v) is 8.61. The van der Waals surface area contributed by atoms with E-state index < -0.39 is 0 Å². The zero-order valence-corrected chi connectivity index (χ0v) is 20.4. The van der Waals surface area contributed by atoms with Crippen LogP contribution in [0.25, 0.3) is 5.70 Å². The van der Waals surface area contributed by atoms with E-state index in [1.165, 1.54) is 16.7 Å². The first-order valence-electron chi connectivity index (χ1n) is 11.6. The minimum atomic E-state index is -0.188. The number of rotatable bonds is 7. The summed E-state index contributed by atoms with van der Waals surface area (Å²) in [7, 11) is 2.03. The van der Waals surface area contributed by atoms with Gasteiger partial charge in [-0.3, -0.25) is 4.79 Å². The van der Waals surface area contributed by atoms with Crippen molar-refractivity contribution < 1.29 is 4.79 Å². The normalized spacial score (nSPS) is 12.3. The van der Waals surface area contributed by atoms with Crippen LogP contribution in [-0.4, -0.2) is 23.7 Å². The Morgan fingerprint density at radius 2 is 1.52 bits per heavy atom. The maximum Gasteiger partial charge on any atom is 0.278 e. The van der Waals surface area contributed by atoms with Gasteiger partial charge in [-0.25, -0.2) is 0 Å². The third-order valence-electron chi connectivity index (χ3n) is 5.84. The lowest BCUT2D eigenvalue weighted by Crippen LogP contribution is -2.27. The van der Waals surface area contributed by atoms with Crippen molar-refractivity contribution in [3.05, 3.63) is 112 Å². The summed E-state index contributed by atoms with van der Waals surface area (Å²) in [5.74, 6) is 0.598. The smallest absolute Gasteiger partial charge is 0.278 e. The summed E-state index contributed by atoms with van der Waals surface area (Å²) in [6.07, 6.45) is 2.46. The van der Waals surface area contributed by atoms with Crippen molar-refractivity contribution in [2.24, 2.45) is 4.99 Å². The van der Waals surface area contributed by atoms with Crippen molar-refractivity contribution in [2.75, 3.05) is 7.05 Å². The molecule has 0 atom stereocenters. The summed E-state index contributed by atoms with van der Waals surface area (Å²) in [4.78, 5) is 19.8. The van der Waals surface area contributed by atoms with Crippen molar-refractivity contribution in [3.63, 3.8) is 0 Å². The van der Waals surface area contributed by atoms with Gasteiger partial charge in [0.15, 0.2) is 0 Å². The highest BCUT2D eigenvalue weighted by Crippen LogP contribution is 2.26. The average Bonchev–Trinajstić information content (AvgIpc) is 2.81. The van der Waals surface area contributed by atoms with Crippen molar-refractivity contribution >= 4 is 17.4 Å². The Morgan fingerprint density at radius 3 is 2.15 bits per heavy atom. The van der Waals surface area contributed by atoms with Crippen molar-refractivity contribution in [3.8, 4) is 0 Å². The first-order valence-corrected chi connectivity index (χ1v) is 11.6. The van der Waals surface area contributed by atoms with Crippen LogP contribution in [0.2, 0.25) is 0 Å². The van der Waals surface area contributed by atoms with E-state index in [1.807, 2.05) is 44.3 Å². The number of allylic oxidation sites excluding steroid dienone is 1. The lowest BCUT2D eigenvalue weighted by atomic mass is 9.99. The van der Waals surface area contributed by atoms with E-state index in [2.05, 4.69) is 79.2 Å². The molecule has 0 fully saturated rings. The van der Waals surface area contributed by atoms with Gasteiger partial charge in [-0.1, -0.05) is 85.3 Å². The van der Waals surface area contributed by atoms with Gasteiger partial charge in [-0.05, 0) is 61.9 Å². The Kier molecular flexibility index (Phi) is 8.37. The summed E-state index contributed by atoms with van der Waals surface area (Å²) in [6.45, 7) is 8.34. The first-order chi connectivity index (χ1) is 15.9. The van der Waals surface area contributed by atoms with E-state index >= 15 is 0 Å². The molecular formula is C30H34N2O. The van der Waals surface area contributed by atoms with Gasteiger partial charge in [0.05, 0.1) is 0 Å². The highest BCUT2D eigenvalue weighted by molar-refractivity contribution is 6.05. The van der Waals surface area contributed by atoms with E-state index in [0.29, 0.717) is 5.56 Å². The number of aliphatic imine (C=N–C) groups is 1. The van der Waals surface area contributed by atoms with E-state index in [0.717, 1.165) is 41.9 Å². The molecule has 0 unspecified atom stereocenters. The number of carbonyl (C=O) groups is 1. The fourth-order valence-electron chi connectivity index (χ4n) is 4.07. The molecule has 0 aliphatic carbocycles. The maximum absolute atomic E-state index is 13.1. The van der Waals surface area contributed by atoms with Crippen LogP contribution >= 0.6 is 0 Å². The largest absolute Gasteiger partial charge is 0.332 e. The highest BCUT2D eigenvalue weighted by Gasteiger charge is 2.18. The molecule has 0 heterocycles. The lowest BCUT2D eigenvalue weighted by Gasteiger charge is -2.27. The summed E-state index contributed by atoms with van der Waals surface area (Å²) < 4.78 is 0. The Labute approximate surface area is 198 Å². The van der Waals surface area contributed by atoms with Crippen molar-refractivity contribution in [1.82, 2.24) is 4.90 Å². The van der Waals surface area contributed by atoms with E-state index in [9.17, 15) is 4.79 Å². The van der Waals surface area contributed by atoms with E-state index in [1.54, 1.807) is 0 Å². The third-order valence-corrected chi connectivity index (χ3v) is 5.84. The summed E-state index contributed by atoms with van der Waals surface area (Å²) in [5, 5.41) is 0. The number of aryl methyl sites for hydroxylation is 2. The van der Waals surface area contributed by atoms with Crippen LogP contribution in [0.1, 0.15) is 59.3 Å². The molecule has 0 radical (unpaired) electrons. The number of nitrogens with zero attached hydrogens (tertiary/aromatic N) is 2. The molecule has 3 aromatic carbocycles. The molecule has 0 saturated heterocycles. The van der Waals surface area contributed by atoms with Crippen LogP contribution in [0.15, 0.2) is 89.4 Å². The van der Waals surface area contributed by atoms with Crippen LogP contribution in [0.3, 0.4) is 0 Å². The van der Waals surface area contributed by atoms with Gasteiger partial charge in [0.2, 0.25) is 0 Å². The molecule has 33 heavy (non-hydrogen) atoms. The van der Waals surface area contributed by atoms with Crippen LogP contribution in [0.5, 0.6) is 0 Å². The molecule has 0 bridgehead atoms. The van der Waals surface area contributed by atoms with Gasteiger partial charge in [0.1, 0.15) is 5.84 Å². The van der Waals surface area contributed by atoms with Gasteiger partial charge in [0.25, 0.3) is 5.91 Å². The first kappa shape index (κ1) is 24.2. The monoisotopic (exact) mass is 438 g/mol.